The number of rotatable bonds is 7. The van der Waals surface area contributed by atoms with Crippen LogP contribution < -0.4 is 9.47 Å². The Hall–Kier alpha value is -0.963. The van der Waals surface area contributed by atoms with Crippen LogP contribution >= 0.6 is 0 Å². The van der Waals surface area contributed by atoms with Gasteiger partial charge in [0.15, 0.2) is 0 Å². The second kappa shape index (κ2) is 9.30. The monoisotopic (exact) mass is 374 g/mol. The maximum Gasteiger partial charge on any atom is 0.119 e. The molecule has 2 fully saturated rings. The van der Waals surface area contributed by atoms with Crippen molar-refractivity contribution < 1.29 is 9.47 Å². The number of methoxy groups -OCH3 is 1. The largest absolute Gasteiger partial charge is 0.497 e. The van der Waals surface area contributed by atoms with E-state index in [1.807, 2.05) is 24.3 Å². The number of hydrogen-bond acceptors (Lipinski definition) is 2. The van der Waals surface area contributed by atoms with Crippen LogP contribution in [0.15, 0.2) is 24.3 Å². The van der Waals surface area contributed by atoms with Crippen LogP contribution in [0, 0.1) is 11.8 Å². The Kier molecular flexibility index (Phi) is 7.08. The molecule has 1 aromatic carbocycles. The average molecular weight is 375 g/mol. The van der Waals surface area contributed by atoms with E-state index in [2.05, 4.69) is 13.5 Å². The van der Waals surface area contributed by atoms with E-state index in [1.54, 1.807) is 20.0 Å². The van der Waals surface area contributed by atoms with E-state index < -0.39 is 8.07 Å². The molecule has 1 heterocycles. The SMILES string of the molecule is CCC[C@H]1CC[C@H]([Si@]2(C)CC[C@@H](COc3ccc(OC)cc3)CC2)CC1. The van der Waals surface area contributed by atoms with E-state index in [-0.39, 0.29) is 0 Å². The Bertz CT molecular complexity index is 526. The minimum atomic E-state index is -1.02. The van der Waals surface area contributed by atoms with Crippen molar-refractivity contribution in [3.63, 3.8) is 0 Å². The highest BCUT2D eigenvalue weighted by atomic mass is 28.3. The molecule has 2 nitrogen and oxygen atoms in total. The highest BCUT2D eigenvalue weighted by Crippen LogP contribution is 2.48. The predicted molar refractivity (Wildman–Crippen MR) is 113 cm³/mol. The van der Waals surface area contributed by atoms with Crippen LogP contribution in [0.3, 0.4) is 0 Å². The van der Waals surface area contributed by atoms with Crippen molar-refractivity contribution in [2.24, 2.45) is 11.8 Å². The first-order chi connectivity index (χ1) is 12.6. The molecule has 1 aromatic rings. The fourth-order valence-corrected chi connectivity index (χ4v) is 10.3. The molecule has 1 aliphatic heterocycles. The van der Waals surface area contributed by atoms with Crippen LogP contribution in [-0.4, -0.2) is 21.8 Å². The zero-order valence-corrected chi connectivity index (χ0v) is 18.1. The van der Waals surface area contributed by atoms with Crippen molar-refractivity contribution in [3.05, 3.63) is 24.3 Å². The molecule has 1 saturated heterocycles. The summed E-state index contributed by atoms with van der Waals surface area (Å²) in [6, 6.07) is 11.1. The molecule has 0 amide bonds. The van der Waals surface area contributed by atoms with E-state index in [1.165, 1.54) is 50.6 Å². The Labute approximate surface area is 161 Å². The van der Waals surface area contributed by atoms with Crippen molar-refractivity contribution in [2.75, 3.05) is 13.7 Å². The summed E-state index contributed by atoms with van der Waals surface area (Å²) in [4.78, 5) is 0. The van der Waals surface area contributed by atoms with Crippen LogP contribution in [0.2, 0.25) is 24.2 Å². The second-order valence-corrected chi connectivity index (χ2v) is 14.2. The molecule has 0 atom stereocenters. The molecule has 2 aliphatic rings. The average Bonchev–Trinajstić information content (AvgIpc) is 2.69. The molecular formula is C23H38O2Si. The van der Waals surface area contributed by atoms with Crippen molar-refractivity contribution in [2.45, 2.75) is 82.5 Å². The third-order valence-electron chi connectivity index (χ3n) is 7.32. The van der Waals surface area contributed by atoms with Gasteiger partial charge in [-0.1, -0.05) is 64.1 Å². The molecule has 1 saturated carbocycles. The van der Waals surface area contributed by atoms with Gasteiger partial charge in [-0.15, -0.1) is 0 Å². The minimum Gasteiger partial charge on any atom is -0.497 e. The third kappa shape index (κ3) is 5.06. The van der Waals surface area contributed by atoms with E-state index >= 15 is 0 Å². The summed E-state index contributed by atoms with van der Waals surface area (Å²) < 4.78 is 11.3. The topological polar surface area (TPSA) is 18.5 Å². The van der Waals surface area contributed by atoms with Gasteiger partial charge in [0.2, 0.25) is 0 Å². The van der Waals surface area contributed by atoms with E-state index in [9.17, 15) is 0 Å². The Morgan fingerprint density at radius 1 is 0.885 bits per heavy atom. The molecule has 0 spiro atoms. The first kappa shape index (κ1) is 19.8. The summed E-state index contributed by atoms with van der Waals surface area (Å²) in [6.45, 7) is 5.95. The van der Waals surface area contributed by atoms with Gasteiger partial charge >= 0.3 is 0 Å². The number of hydrogen-bond donors (Lipinski definition) is 0. The minimum absolute atomic E-state index is 0.758. The molecule has 0 N–H and O–H groups in total. The van der Waals surface area contributed by atoms with Gasteiger partial charge in [-0.25, -0.2) is 0 Å². The molecular weight excluding hydrogens is 336 g/mol. The lowest BCUT2D eigenvalue weighted by atomic mass is 9.86. The van der Waals surface area contributed by atoms with Gasteiger partial charge in [0.1, 0.15) is 11.5 Å². The summed E-state index contributed by atoms with van der Waals surface area (Å²) >= 11 is 0. The molecule has 3 rings (SSSR count). The van der Waals surface area contributed by atoms with Crippen LogP contribution in [0.25, 0.3) is 0 Å². The van der Waals surface area contributed by atoms with Gasteiger partial charge in [0, 0.05) is 0 Å². The lowest BCUT2D eigenvalue weighted by Gasteiger charge is -2.44. The highest BCUT2D eigenvalue weighted by molar-refractivity contribution is 6.80. The molecule has 0 radical (unpaired) electrons. The Morgan fingerprint density at radius 2 is 1.50 bits per heavy atom. The molecule has 26 heavy (non-hydrogen) atoms. The standard InChI is InChI=1S/C23H38O2Si/c1-4-5-19-6-12-23(13-7-19)26(3)16-14-20(15-17-26)18-25-22-10-8-21(24-2)9-11-22/h8-11,19-20,23H,4-7,12-18H2,1-3H3/t19-,20-,23-,26-. The van der Waals surface area contributed by atoms with Gasteiger partial charge in [-0.2, -0.15) is 0 Å². The first-order valence-electron chi connectivity index (χ1n) is 10.9. The van der Waals surface area contributed by atoms with Gasteiger partial charge < -0.3 is 9.47 Å². The van der Waals surface area contributed by atoms with E-state index in [0.717, 1.165) is 35.5 Å². The summed E-state index contributed by atoms with van der Waals surface area (Å²) in [5, 5.41) is 0. The molecule has 0 unspecified atom stereocenters. The summed E-state index contributed by atoms with van der Waals surface area (Å²) in [7, 11) is 0.681. The van der Waals surface area contributed by atoms with Crippen molar-refractivity contribution in [1.29, 1.82) is 0 Å². The first-order valence-corrected chi connectivity index (χ1v) is 13.9. The Balaban J connectivity index is 1.41. The van der Waals surface area contributed by atoms with Gasteiger partial charge in [-0.05, 0) is 54.5 Å². The van der Waals surface area contributed by atoms with Gasteiger partial charge in [0.25, 0.3) is 0 Å². The van der Waals surface area contributed by atoms with Crippen LogP contribution in [0.5, 0.6) is 11.5 Å². The quantitative estimate of drug-likeness (QED) is 0.482. The maximum atomic E-state index is 6.06. The third-order valence-corrected chi connectivity index (χ3v) is 12.7. The Morgan fingerprint density at radius 3 is 2.08 bits per heavy atom. The normalized spacial score (nSPS) is 32.2. The highest BCUT2D eigenvalue weighted by Gasteiger charge is 2.41. The van der Waals surface area contributed by atoms with E-state index in [0.29, 0.717) is 0 Å². The summed E-state index contributed by atoms with van der Waals surface area (Å²) in [5.41, 5.74) is 1.11. The predicted octanol–water partition coefficient (Wildman–Crippen LogP) is 6.92. The smallest absolute Gasteiger partial charge is 0.119 e. The van der Waals surface area contributed by atoms with Crippen molar-refractivity contribution in [3.8, 4) is 11.5 Å². The molecule has 146 valence electrons. The molecule has 1 aliphatic carbocycles. The molecule has 3 heteroatoms. The molecule has 0 aromatic heterocycles. The van der Waals surface area contributed by atoms with Crippen LogP contribution in [-0.2, 0) is 0 Å². The van der Waals surface area contributed by atoms with Crippen molar-refractivity contribution in [1.82, 2.24) is 0 Å². The van der Waals surface area contributed by atoms with Crippen LogP contribution in [0.1, 0.15) is 58.3 Å². The summed E-state index contributed by atoms with van der Waals surface area (Å²) in [6.07, 6.45) is 11.8. The van der Waals surface area contributed by atoms with E-state index in [4.69, 9.17) is 9.47 Å². The number of benzene rings is 1. The fraction of sp³-hybridized carbons (Fsp3) is 0.739. The maximum absolute atomic E-state index is 6.06. The lowest BCUT2D eigenvalue weighted by molar-refractivity contribution is 0.233. The van der Waals surface area contributed by atoms with Gasteiger partial charge in [-0.3, -0.25) is 0 Å². The fourth-order valence-electron chi connectivity index (χ4n) is 5.35. The zero-order valence-electron chi connectivity index (χ0n) is 17.1. The van der Waals surface area contributed by atoms with Gasteiger partial charge in [0.05, 0.1) is 21.8 Å². The summed E-state index contributed by atoms with van der Waals surface area (Å²) in [5.74, 6) is 3.67. The lowest BCUT2D eigenvalue weighted by Crippen LogP contribution is -2.42. The van der Waals surface area contributed by atoms with Crippen LogP contribution in [0.4, 0.5) is 0 Å². The number of ether oxygens (including phenoxy) is 2. The molecule has 0 bridgehead atoms. The van der Waals surface area contributed by atoms with Crippen molar-refractivity contribution >= 4 is 8.07 Å². The second-order valence-electron chi connectivity index (χ2n) is 9.09. The zero-order chi connectivity index (χ0) is 18.4.